The Kier molecular flexibility index (Phi) is 7.71. The summed E-state index contributed by atoms with van der Waals surface area (Å²) < 4.78 is 17.1. The summed E-state index contributed by atoms with van der Waals surface area (Å²) in [4.78, 5) is 24.1. The first-order chi connectivity index (χ1) is 15.9. The highest BCUT2D eigenvalue weighted by Crippen LogP contribution is 2.27. The number of esters is 1. The number of hydrogen-bond acceptors (Lipinski definition) is 6. The average Bonchev–Trinajstić information content (AvgIpc) is 3.13. The number of benzene rings is 2. The van der Waals surface area contributed by atoms with E-state index in [0.29, 0.717) is 36.4 Å². The first-order valence-electron chi connectivity index (χ1n) is 10.6. The molecule has 8 nitrogen and oxygen atoms in total. The maximum atomic E-state index is 12.6. The average molecular weight is 452 g/mol. The number of hydrogen-bond donors (Lipinski definition) is 1. The Morgan fingerprint density at radius 1 is 0.970 bits per heavy atom. The number of amides is 1. The lowest BCUT2D eigenvalue weighted by atomic mass is 10.1. The summed E-state index contributed by atoms with van der Waals surface area (Å²) in [5, 5.41) is 7.53. The second-order valence-electron chi connectivity index (χ2n) is 7.56. The van der Waals surface area contributed by atoms with Crippen molar-refractivity contribution in [1.82, 2.24) is 15.1 Å². The Hall–Kier alpha value is -3.81. The predicted octanol–water partition coefficient (Wildman–Crippen LogP) is 3.54. The van der Waals surface area contributed by atoms with Gasteiger partial charge >= 0.3 is 5.97 Å². The van der Waals surface area contributed by atoms with E-state index in [1.807, 2.05) is 48.9 Å². The summed E-state index contributed by atoms with van der Waals surface area (Å²) in [7, 11) is 4.54. The van der Waals surface area contributed by atoms with E-state index < -0.39 is 0 Å². The molecule has 0 saturated carbocycles. The highest BCUT2D eigenvalue weighted by Gasteiger charge is 2.15. The van der Waals surface area contributed by atoms with Crippen LogP contribution >= 0.6 is 0 Å². The molecule has 0 saturated heterocycles. The van der Waals surface area contributed by atoms with Crippen molar-refractivity contribution in [2.45, 2.75) is 33.2 Å². The fourth-order valence-electron chi connectivity index (χ4n) is 3.65. The molecule has 8 heteroatoms. The van der Waals surface area contributed by atoms with Crippen LogP contribution in [0.5, 0.6) is 11.5 Å². The lowest BCUT2D eigenvalue weighted by molar-refractivity contribution is -0.140. The SMILES string of the molecule is COC(=O)CCc1c(C)nn(-c2ccc(C(=O)NCc3ccc(OC)c(OC)c3)cc2)c1C. The number of nitrogens with zero attached hydrogens (tertiary/aromatic N) is 2. The molecule has 1 amide bonds. The fraction of sp³-hybridized carbons (Fsp3) is 0.320. The van der Waals surface area contributed by atoms with Gasteiger partial charge in [-0.2, -0.15) is 5.10 Å². The molecule has 33 heavy (non-hydrogen) atoms. The number of carbonyl (C=O) groups is 2. The topological polar surface area (TPSA) is 91.7 Å². The third-order valence-corrected chi connectivity index (χ3v) is 5.52. The van der Waals surface area contributed by atoms with Crippen molar-refractivity contribution >= 4 is 11.9 Å². The van der Waals surface area contributed by atoms with Gasteiger partial charge in [0.1, 0.15) is 0 Å². The molecule has 0 aliphatic rings. The van der Waals surface area contributed by atoms with Crippen molar-refractivity contribution < 1.29 is 23.8 Å². The summed E-state index contributed by atoms with van der Waals surface area (Å²) in [6.07, 6.45) is 0.879. The lowest BCUT2D eigenvalue weighted by Gasteiger charge is -2.11. The van der Waals surface area contributed by atoms with Crippen LogP contribution in [0.1, 0.15) is 39.3 Å². The van der Waals surface area contributed by atoms with Crippen molar-refractivity contribution in [2.75, 3.05) is 21.3 Å². The van der Waals surface area contributed by atoms with Crippen LogP contribution in [-0.2, 0) is 22.5 Å². The smallest absolute Gasteiger partial charge is 0.305 e. The first-order valence-corrected chi connectivity index (χ1v) is 10.6. The van der Waals surface area contributed by atoms with E-state index in [9.17, 15) is 9.59 Å². The predicted molar refractivity (Wildman–Crippen MR) is 124 cm³/mol. The first kappa shape index (κ1) is 23.8. The third kappa shape index (κ3) is 5.52. The Balaban J connectivity index is 1.68. The molecule has 0 bridgehead atoms. The molecule has 1 aromatic heterocycles. The maximum Gasteiger partial charge on any atom is 0.305 e. The summed E-state index contributed by atoms with van der Waals surface area (Å²) in [5.74, 6) is 0.832. The maximum absolute atomic E-state index is 12.6. The molecule has 0 atom stereocenters. The zero-order valence-electron chi connectivity index (χ0n) is 19.6. The van der Waals surface area contributed by atoms with Crippen molar-refractivity contribution in [1.29, 1.82) is 0 Å². The molecular weight excluding hydrogens is 422 g/mol. The van der Waals surface area contributed by atoms with Crippen LogP contribution in [-0.4, -0.2) is 43.0 Å². The molecule has 0 spiro atoms. The van der Waals surface area contributed by atoms with Gasteiger partial charge in [-0.15, -0.1) is 0 Å². The molecule has 2 aromatic carbocycles. The fourth-order valence-corrected chi connectivity index (χ4v) is 3.65. The minimum Gasteiger partial charge on any atom is -0.493 e. The molecule has 0 fully saturated rings. The molecule has 1 heterocycles. The van der Waals surface area contributed by atoms with Gasteiger partial charge in [0.2, 0.25) is 0 Å². The van der Waals surface area contributed by atoms with Gasteiger partial charge in [-0.05, 0) is 67.8 Å². The standard InChI is InChI=1S/C25H29N3O5/c1-16-21(11-13-24(29)33-5)17(2)28(27-16)20-9-7-19(8-10-20)25(30)26-15-18-6-12-22(31-3)23(14-18)32-4/h6-10,12,14H,11,13,15H2,1-5H3,(H,26,30). The van der Waals surface area contributed by atoms with Crippen molar-refractivity contribution in [3.63, 3.8) is 0 Å². The number of ether oxygens (including phenoxy) is 3. The molecule has 0 aliphatic carbocycles. The minimum absolute atomic E-state index is 0.177. The summed E-state index contributed by atoms with van der Waals surface area (Å²) in [5.41, 5.74) is 5.15. The van der Waals surface area contributed by atoms with Crippen LogP contribution in [0.25, 0.3) is 5.69 Å². The zero-order valence-corrected chi connectivity index (χ0v) is 19.6. The Morgan fingerprint density at radius 3 is 2.30 bits per heavy atom. The molecule has 3 rings (SSSR count). The minimum atomic E-state index is -0.245. The van der Waals surface area contributed by atoms with Gasteiger partial charge in [0.25, 0.3) is 5.91 Å². The highest BCUT2D eigenvalue weighted by atomic mass is 16.5. The lowest BCUT2D eigenvalue weighted by Crippen LogP contribution is -2.22. The van der Waals surface area contributed by atoms with Crippen LogP contribution in [0.3, 0.4) is 0 Å². The quantitative estimate of drug-likeness (QED) is 0.501. The number of aryl methyl sites for hydroxylation is 1. The van der Waals surface area contributed by atoms with E-state index in [0.717, 1.165) is 28.2 Å². The van der Waals surface area contributed by atoms with Gasteiger partial charge in [0, 0.05) is 24.2 Å². The number of aromatic nitrogens is 2. The van der Waals surface area contributed by atoms with Crippen LogP contribution in [0, 0.1) is 13.8 Å². The zero-order chi connectivity index (χ0) is 24.0. The van der Waals surface area contributed by atoms with Gasteiger partial charge < -0.3 is 19.5 Å². The van der Waals surface area contributed by atoms with Gasteiger partial charge in [-0.1, -0.05) is 6.07 Å². The van der Waals surface area contributed by atoms with E-state index in [-0.39, 0.29) is 11.9 Å². The summed E-state index contributed by atoms with van der Waals surface area (Å²) >= 11 is 0. The number of carbonyl (C=O) groups excluding carboxylic acids is 2. The van der Waals surface area contributed by atoms with E-state index in [1.165, 1.54) is 7.11 Å². The third-order valence-electron chi connectivity index (χ3n) is 5.52. The molecule has 0 radical (unpaired) electrons. The van der Waals surface area contributed by atoms with Gasteiger partial charge in [-0.3, -0.25) is 9.59 Å². The molecule has 1 N–H and O–H groups in total. The van der Waals surface area contributed by atoms with Gasteiger partial charge in [0.15, 0.2) is 11.5 Å². The van der Waals surface area contributed by atoms with E-state index in [2.05, 4.69) is 10.4 Å². The van der Waals surface area contributed by atoms with E-state index in [4.69, 9.17) is 14.2 Å². The van der Waals surface area contributed by atoms with Gasteiger partial charge in [0.05, 0.1) is 32.7 Å². The second-order valence-corrected chi connectivity index (χ2v) is 7.56. The van der Waals surface area contributed by atoms with Crippen LogP contribution < -0.4 is 14.8 Å². The number of rotatable bonds is 9. The van der Waals surface area contributed by atoms with Crippen LogP contribution in [0.15, 0.2) is 42.5 Å². The monoisotopic (exact) mass is 451 g/mol. The summed E-state index contributed by atoms with van der Waals surface area (Å²) in [6, 6.07) is 12.8. The summed E-state index contributed by atoms with van der Waals surface area (Å²) in [6.45, 7) is 4.25. The molecule has 0 aliphatic heterocycles. The Labute approximate surface area is 193 Å². The number of methoxy groups -OCH3 is 3. The van der Waals surface area contributed by atoms with Crippen molar-refractivity contribution in [3.8, 4) is 17.2 Å². The van der Waals surface area contributed by atoms with Gasteiger partial charge in [-0.25, -0.2) is 4.68 Å². The second kappa shape index (κ2) is 10.7. The van der Waals surface area contributed by atoms with Crippen LogP contribution in [0.4, 0.5) is 0 Å². The van der Waals surface area contributed by atoms with Crippen LogP contribution in [0.2, 0.25) is 0 Å². The molecule has 3 aromatic rings. The van der Waals surface area contributed by atoms with E-state index >= 15 is 0 Å². The van der Waals surface area contributed by atoms with Crippen molar-refractivity contribution in [2.24, 2.45) is 0 Å². The largest absolute Gasteiger partial charge is 0.493 e. The highest BCUT2D eigenvalue weighted by molar-refractivity contribution is 5.94. The molecule has 0 unspecified atom stereocenters. The normalized spacial score (nSPS) is 10.6. The van der Waals surface area contributed by atoms with E-state index in [1.54, 1.807) is 26.4 Å². The number of nitrogens with one attached hydrogen (secondary N) is 1. The van der Waals surface area contributed by atoms with Crippen molar-refractivity contribution in [3.05, 3.63) is 70.5 Å². The molecule has 174 valence electrons. The Morgan fingerprint density at radius 2 is 1.67 bits per heavy atom. The molecular formula is C25H29N3O5. The Bertz CT molecular complexity index is 1140.